The van der Waals surface area contributed by atoms with Crippen molar-refractivity contribution < 1.29 is 13.2 Å². The molecule has 1 amide bonds. The van der Waals surface area contributed by atoms with Crippen molar-refractivity contribution in [1.29, 1.82) is 0 Å². The van der Waals surface area contributed by atoms with E-state index in [-0.39, 0.29) is 16.5 Å². The van der Waals surface area contributed by atoms with Crippen molar-refractivity contribution in [3.05, 3.63) is 76.7 Å². The summed E-state index contributed by atoms with van der Waals surface area (Å²) in [6.45, 7) is 8.56. The van der Waals surface area contributed by atoms with Gasteiger partial charge in [0.1, 0.15) is 0 Å². The number of hydrogen-bond donors (Lipinski definition) is 1. The van der Waals surface area contributed by atoms with E-state index in [0.29, 0.717) is 41.1 Å². The van der Waals surface area contributed by atoms with Gasteiger partial charge in [0, 0.05) is 30.2 Å². The van der Waals surface area contributed by atoms with Crippen LogP contribution in [-0.2, 0) is 10.0 Å². The molecule has 37 heavy (non-hydrogen) atoms. The fourth-order valence-corrected chi connectivity index (χ4v) is 6.69. The predicted octanol–water partition coefficient (Wildman–Crippen LogP) is 5.06. The van der Waals surface area contributed by atoms with Gasteiger partial charge in [-0.25, -0.2) is 17.9 Å². The molecule has 0 atom stereocenters. The minimum atomic E-state index is -3.68. The highest BCUT2D eigenvalue weighted by molar-refractivity contribution is 7.89. The molecule has 2 aromatic heterocycles. The average molecular weight is 518 g/mol. The molecule has 1 fully saturated rings. The first-order chi connectivity index (χ1) is 17.7. The Morgan fingerprint density at radius 1 is 0.919 bits per heavy atom. The van der Waals surface area contributed by atoms with Crippen LogP contribution in [0, 0.1) is 27.7 Å². The van der Waals surface area contributed by atoms with Crippen LogP contribution in [0.4, 0.5) is 5.69 Å². The first-order valence-electron chi connectivity index (χ1n) is 12.5. The zero-order valence-corrected chi connectivity index (χ0v) is 22.4. The summed E-state index contributed by atoms with van der Waals surface area (Å²) in [4.78, 5) is 18.5. The number of sulfonamides is 1. The number of anilines is 1. The topological polar surface area (TPSA) is 96.7 Å². The van der Waals surface area contributed by atoms with Gasteiger partial charge in [-0.05, 0) is 75.4 Å². The van der Waals surface area contributed by atoms with Gasteiger partial charge in [-0.15, -0.1) is 0 Å². The van der Waals surface area contributed by atoms with E-state index >= 15 is 0 Å². The van der Waals surface area contributed by atoms with Crippen molar-refractivity contribution in [1.82, 2.24) is 18.9 Å². The number of aromatic nitrogens is 3. The van der Waals surface area contributed by atoms with Crippen LogP contribution < -0.4 is 5.32 Å². The third-order valence-electron chi connectivity index (χ3n) is 6.91. The third kappa shape index (κ3) is 4.65. The summed E-state index contributed by atoms with van der Waals surface area (Å²) in [5.74, 6) is -0.382. The van der Waals surface area contributed by atoms with Gasteiger partial charge in [-0.1, -0.05) is 36.8 Å². The summed E-state index contributed by atoms with van der Waals surface area (Å²) >= 11 is 0. The molecule has 1 saturated heterocycles. The van der Waals surface area contributed by atoms with Gasteiger partial charge < -0.3 is 5.32 Å². The van der Waals surface area contributed by atoms with Crippen LogP contribution in [0.1, 0.15) is 52.3 Å². The van der Waals surface area contributed by atoms with Crippen LogP contribution in [-0.4, -0.2) is 46.3 Å². The van der Waals surface area contributed by atoms with E-state index < -0.39 is 10.0 Å². The minimum absolute atomic E-state index is 0.189. The van der Waals surface area contributed by atoms with Gasteiger partial charge >= 0.3 is 0 Å². The number of amides is 1. The normalized spacial score (nSPS) is 14.7. The zero-order valence-electron chi connectivity index (χ0n) is 21.6. The second kappa shape index (κ2) is 9.72. The molecule has 2 aromatic carbocycles. The van der Waals surface area contributed by atoms with E-state index in [9.17, 15) is 13.2 Å². The number of hydrogen-bond acceptors (Lipinski definition) is 5. The summed E-state index contributed by atoms with van der Waals surface area (Å²) < 4.78 is 30.4. The molecule has 0 spiro atoms. The molecule has 1 aliphatic heterocycles. The van der Waals surface area contributed by atoms with Gasteiger partial charge in [-0.2, -0.15) is 9.40 Å². The van der Waals surface area contributed by atoms with Crippen molar-refractivity contribution in [2.75, 3.05) is 18.4 Å². The van der Waals surface area contributed by atoms with Crippen molar-refractivity contribution >= 4 is 27.3 Å². The van der Waals surface area contributed by atoms with Gasteiger partial charge in [-0.3, -0.25) is 4.79 Å². The quantitative estimate of drug-likeness (QED) is 0.399. The van der Waals surface area contributed by atoms with E-state index in [1.165, 1.54) is 0 Å². The fraction of sp³-hybridized carbons (Fsp3) is 0.321. The Morgan fingerprint density at radius 2 is 1.65 bits per heavy atom. The number of para-hydroxylation sites is 1. The number of piperidine rings is 1. The van der Waals surface area contributed by atoms with Crippen LogP contribution >= 0.6 is 0 Å². The lowest BCUT2D eigenvalue weighted by atomic mass is 10.0. The molecule has 3 heterocycles. The van der Waals surface area contributed by atoms with E-state index in [2.05, 4.69) is 10.4 Å². The number of benzene rings is 2. The Kier molecular flexibility index (Phi) is 6.59. The summed E-state index contributed by atoms with van der Waals surface area (Å²) in [6.07, 6.45) is 2.76. The Labute approximate surface area is 217 Å². The lowest BCUT2D eigenvalue weighted by molar-refractivity contribution is 0.102. The van der Waals surface area contributed by atoms with Gasteiger partial charge in [0.25, 0.3) is 5.91 Å². The molecule has 5 rings (SSSR count). The predicted molar refractivity (Wildman–Crippen MR) is 144 cm³/mol. The van der Waals surface area contributed by atoms with Crippen LogP contribution in [0.15, 0.2) is 53.4 Å². The monoisotopic (exact) mass is 517 g/mol. The smallest absolute Gasteiger partial charge is 0.276 e. The Balaban J connectivity index is 1.68. The van der Waals surface area contributed by atoms with E-state index in [0.717, 1.165) is 36.2 Å². The van der Waals surface area contributed by atoms with E-state index in [1.807, 2.05) is 57.2 Å². The zero-order chi connectivity index (χ0) is 26.3. The number of nitrogens with zero attached hydrogens (tertiary/aromatic N) is 4. The molecule has 9 heteroatoms. The first-order valence-corrected chi connectivity index (χ1v) is 14.0. The van der Waals surface area contributed by atoms with Crippen molar-refractivity contribution in [2.24, 2.45) is 0 Å². The molecule has 192 valence electrons. The molecule has 0 aliphatic carbocycles. The maximum atomic E-state index is 13.6. The Morgan fingerprint density at radius 3 is 2.38 bits per heavy atom. The number of fused-ring (bicyclic) bond motifs is 1. The highest BCUT2D eigenvalue weighted by atomic mass is 32.2. The molecule has 0 bridgehead atoms. The van der Waals surface area contributed by atoms with Crippen LogP contribution in [0.25, 0.3) is 16.8 Å². The third-order valence-corrected chi connectivity index (χ3v) is 8.95. The van der Waals surface area contributed by atoms with Gasteiger partial charge in [0.2, 0.25) is 10.0 Å². The van der Waals surface area contributed by atoms with Crippen molar-refractivity contribution in [2.45, 2.75) is 51.9 Å². The van der Waals surface area contributed by atoms with Crippen molar-refractivity contribution in [3.63, 3.8) is 0 Å². The molecule has 1 aliphatic rings. The number of aryl methyl sites for hydroxylation is 4. The summed E-state index contributed by atoms with van der Waals surface area (Å²) in [7, 11) is -3.68. The SMILES string of the molecule is Cc1cc(C)n2nc(C(=O)Nc3ccccc3C)c(-c3ccc(C)c(S(=O)(=O)N4CCCCC4)c3)c2n1. The van der Waals surface area contributed by atoms with Crippen LogP contribution in [0.5, 0.6) is 0 Å². The maximum Gasteiger partial charge on any atom is 0.276 e. The number of carbonyl (C=O) groups excluding carboxylic acids is 1. The molecular weight excluding hydrogens is 486 g/mol. The van der Waals surface area contributed by atoms with Crippen LogP contribution in [0.3, 0.4) is 0 Å². The van der Waals surface area contributed by atoms with E-state index in [1.54, 1.807) is 27.9 Å². The van der Waals surface area contributed by atoms with E-state index in [4.69, 9.17) is 4.98 Å². The van der Waals surface area contributed by atoms with Gasteiger partial charge in [0.15, 0.2) is 11.3 Å². The van der Waals surface area contributed by atoms with Crippen LogP contribution in [0.2, 0.25) is 0 Å². The lowest BCUT2D eigenvalue weighted by Gasteiger charge is -2.26. The molecule has 1 N–H and O–H groups in total. The largest absolute Gasteiger partial charge is 0.320 e. The average Bonchev–Trinajstić information content (AvgIpc) is 3.26. The molecule has 0 saturated carbocycles. The standard InChI is InChI=1S/C28H31N5O3S/c1-18-10-6-7-11-23(18)30-28(34)26-25(27-29-20(3)16-21(4)33(27)31-26)22-13-12-19(2)24(17-22)37(35,36)32-14-8-5-9-15-32/h6-7,10-13,16-17H,5,8-9,14-15H2,1-4H3,(H,30,34). The molecule has 8 nitrogen and oxygen atoms in total. The minimum Gasteiger partial charge on any atom is -0.320 e. The number of nitrogens with one attached hydrogen (secondary N) is 1. The molecule has 0 radical (unpaired) electrons. The number of carbonyl (C=O) groups is 1. The van der Waals surface area contributed by atoms with Crippen molar-refractivity contribution in [3.8, 4) is 11.1 Å². The Bertz CT molecular complexity index is 1620. The van der Waals surface area contributed by atoms with Gasteiger partial charge in [0.05, 0.1) is 10.5 Å². The second-order valence-electron chi connectivity index (χ2n) is 9.71. The Hall–Kier alpha value is -3.56. The molecule has 0 unspecified atom stereocenters. The number of rotatable bonds is 5. The summed E-state index contributed by atoms with van der Waals surface area (Å²) in [5.41, 5.74) is 5.68. The summed E-state index contributed by atoms with van der Waals surface area (Å²) in [5, 5.41) is 7.61. The maximum absolute atomic E-state index is 13.6. The first kappa shape index (κ1) is 25.1. The second-order valence-corrected chi connectivity index (χ2v) is 11.6. The fourth-order valence-electron chi connectivity index (χ4n) is 4.92. The summed E-state index contributed by atoms with van der Waals surface area (Å²) in [6, 6.07) is 14.7. The molecule has 4 aromatic rings. The molecular formula is C28H31N5O3S. The lowest BCUT2D eigenvalue weighted by Crippen LogP contribution is -2.35. The highest BCUT2D eigenvalue weighted by Crippen LogP contribution is 2.33. The highest BCUT2D eigenvalue weighted by Gasteiger charge is 2.29.